The Hall–Kier alpha value is -2.30. The SMILES string of the molecule is C[C@H](NC(=O)c1cc(Br)cc(S(C)(=O)=O)c1)c1ncnn1-c1ccc(Cl)cn1. The van der Waals surface area contributed by atoms with Gasteiger partial charge in [-0.1, -0.05) is 27.5 Å². The van der Waals surface area contributed by atoms with Crippen LogP contribution >= 0.6 is 27.5 Å². The second-order valence-electron chi connectivity index (χ2n) is 6.01. The third kappa shape index (κ3) is 4.57. The van der Waals surface area contributed by atoms with Gasteiger partial charge in [-0.15, -0.1) is 0 Å². The molecule has 0 saturated heterocycles. The lowest BCUT2D eigenvalue weighted by Crippen LogP contribution is -2.29. The topological polar surface area (TPSA) is 107 Å². The molecule has 0 spiro atoms. The van der Waals surface area contributed by atoms with E-state index in [0.29, 0.717) is 21.1 Å². The van der Waals surface area contributed by atoms with Crippen molar-refractivity contribution in [3.8, 4) is 5.82 Å². The average Bonchev–Trinajstić information content (AvgIpc) is 3.11. The first-order chi connectivity index (χ1) is 13.1. The molecule has 0 aliphatic carbocycles. The fraction of sp³-hybridized carbons (Fsp3) is 0.176. The number of halogens is 2. The highest BCUT2D eigenvalue weighted by Gasteiger charge is 2.20. The predicted octanol–water partition coefficient (Wildman–Crippen LogP) is 2.97. The van der Waals surface area contributed by atoms with Gasteiger partial charge in [-0.2, -0.15) is 9.78 Å². The molecule has 0 radical (unpaired) electrons. The average molecular weight is 485 g/mol. The number of rotatable bonds is 5. The second kappa shape index (κ2) is 7.98. The Bertz CT molecular complexity index is 1130. The molecule has 1 aromatic carbocycles. The van der Waals surface area contributed by atoms with Crippen LogP contribution in [0.2, 0.25) is 5.02 Å². The van der Waals surface area contributed by atoms with Gasteiger partial charge in [0.15, 0.2) is 21.5 Å². The summed E-state index contributed by atoms with van der Waals surface area (Å²) in [5.74, 6) is 0.513. The van der Waals surface area contributed by atoms with Crippen LogP contribution in [0.4, 0.5) is 0 Å². The molecule has 28 heavy (non-hydrogen) atoms. The number of sulfone groups is 1. The van der Waals surface area contributed by atoms with Crippen molar-refractivity contribution >= 4 is 43.3 Å². The fourth-order valence-electron chi connectivity index (χ4n) is 2.47. The molecule has 0 aliphatic heterocycles. The maximum absolute atomic E-state index is 12.7. The molecule has 0 saturated carbocycles. The smallest absolute Gasteiger partial charge is 0.251 e. The predicted molar refractivity (Wildman–Crippen MR) is 107 cm³/mol. The van der Waals surface area contributed by atoms with E-state index in [4.69, 9.17) is 11.6 Å². The zero-order chi connectivity index (χ0) is 20.5. The quantitative estimate of drug-likeness (QED) is 0.597. The molecule has 11 heteroatoms. The number of pyridine rings is 1. The van der Waals surface area contributed by atoms with Crippen molar-refractivity contribution in [1.82, 2.24) is 25.1 Å². The number of nitrogens with zero attached hydrogens (tertiary/aromatic N) is 4. The Morgan fingerprint density at radius 1 is 1.25 bits per heavy atom. The highest BCUT2D eigenvalue weighted by Crippen LogP contribution is 2.21. The van der Waals surface area contributed by atoms with E-state index >= 15 is 0 Å². The van der Waals surface area contributed by atoms with Gasteiger partial charge in [0.25, 0.3) is 5.91 Å². The summed E-state index contributed by atoms with van der Waals surface area (Å²) in [4.78, 5) is 21.1. The third-order valence-corrected chi connectivity index (χ3v) is 5.57. The largest absolute Gasteiger partial charge is 0.342 e. The first kappa shape index (κ1) is 20.4. The van der Waals surface area contributed by atoms with Crippen LogP contribution in [0.5, 0.6) is 0 Å². The van der Waals surface area contributed by atoms with Gasteiger partial charge in [0.1, 0.15) is 6.33 Å². The Morgan fingerprint density at radius 2 is 2.00 bits per heavy atom. The molecule has 0 aliphatic rings. The van der Waals surface area contributed by atoms with Crippen molar-refractivity contribution in [1.29, 1.82) is 0 Å². The number of aromatic nitrogens is 4. The van der Waals surface area contributed by atoms with E-state index in [2.05, 4.69) is 36.3 Å². The maximum Gasteiger partial charge on any atom is 0.251 e. The van der Waals surface area contributed by atoms with Crippen LogP contribution in [0.15, 0.2) is 52.2 Å². The Kier molecular flexibility index (Phi) is 5.82. The number of amides is 1. The summed E-state index contributed by atoms with van der Waals surface area (Å²) < 4.78 is 25.6. The van der Waals surface area contributed by atoms with Crippen molar-refractivity contribution in [3.63, 3.8) is 0 Å². The van der Waals surface area contributed by atoms with Crippen molar-refractivity contribution < 1.29 is 13.2 Å². The van der Waals surface area contributed by atoms with E-state index in [1.165, 1.54) is 29.3 Å². The van der Waals surface area contributed by atoms with Gasteiger partial charge in [0.05, 0.1) is 16.0 Å². The number of hydrogen-bond acceptors (Lipinski definition) is 6. The summed E-state index contributed by atoms with van der Waals surface area (Å²) in [6, 6.07) is 7.15. The zero-order valence-corrected chi connectivity index (χ0v) is 18.0. The van der Waals surface area contributed by atoms with Crippen LogP contribution in [-0.4, -0.2) is 40.3 Å². The van der Waals surface area contributed by atoms with Crippen molar-refractivity contribution in [2.24, 2.45) is 0 Å². The second-order valence-corrected chi connectivity index (χ2v) is 9.38. The number of benzene rings is 1. The summed E-state index contributed by atoms with van der Waals surface area (Å²) in [6.45, 7) is 1.74. The van der Waals surface area contributed by atoms with E-state index in [9.17, 15) is 13.2 Å². The number of carbonyl (C=O) groups is 1. The van der Waals surface area contributed by atoms with E-state index in [1.54, 1.807) is 25.1 Å². The first-order valence-electron chi connectivity index (χ1n) is 7.98. The molecule has 146 valence electrons. The zero-order valence-electron chi connectivity index (χ0n) is 14.8. The summed E-state index contributed by atoms with van der Waals surface area (Å²) >= 11 is 9.09. The van der Waals surface area contributed by atoms with E-state index < -0.39 is 21.8 Å². The van der Waals surface area contributed by atoms with Crippen LogP contribution < -0.4 is 5.32 Å². The lowest BCUT2D eigenvalue weighted by Gasteiger charge is -2.15. The lowest BCUT2D eigenvalue weighted by atomic mass is 10.2. The minimum absolute atomic E-state index is 0.0493. The van der Waals surface area contributed by atoms with E-state index in [1.807, 2.05) is 0 Å². The monoisotopic (exact) mass is 483 g/mol. The van der Waals surface area contributed by atoms with E-state index in [0.717, 1.165) is 6.26 Å². The summed E-state index contributed by atoms with van der Waals surface area (Å²) in [7, 11) is -3.45. The molecule has 0 unspecified atom stereocenters. The van der Waals surface area contributed by atoms with Gasteiger partial charge in [0, 0.05) is 22.5 Å². The van der Waals surface area contributed by atoms with Crippen molar-refractivity contribution in [2.45, 2.75) is 17.9 Å². The van der Waals surface area contributed by atoms with Crippen LogP contribution in [0.1, 0.15) is 29.1 Å². The number of nitrogens with one attached hydrogen (secondary N) is 1. The van der Waals surface area contributed by atoms with Gasteiger partial charge < -0.3 is 5.32 Å². The van der Waals surface area contributed by atoms with E-state index in [-0.39, 0.29) is 10.5 Å². The van der Waals surface area contributed by atoms with Crippen LogP contribution in [0.3, 0.4) is 0 Å². The molecule has 1 N–H and O–H groups in total. The number of hydrogen-bond donors (Lipinski definition) is 1. The Labute approximate surface area is 175 Å². The van der Waals surface area contributed by atoms with Crippen LogP contribution in [0.25, 0.3) is 5.82 Å². The van der Waals surface area contributed by atoms with Crippen LogP contribution in [0, 0.1) is 0 Å². The molecular formula is C17H15BrClN5O3S. The maximum atomic E-state index is 12.7. The lowest BCUT2D eigenvalue weighted by molar-refractivity contribution is 0.0937. The number of carbonyl (C=O) groups excluding carboxylic acids is 1. The summed E-state index contributed by atoms with van der Waals surface area (Å²) in [5, 5.41) is 7.42. The van der Waals surface area contributed by atoms with Gasteiger partial charge in [-0.05, 0) is 37.3 Å². The molecule has 0 bridgehead atoms. The summed E-state index contributed by atoms with van der Waals surface area (Å²) in [6.07, 6.45) is 3.93. The molecule has 1 atom stereocenters. The molecule has 3 aromatic rings. The highest BCUT2D eigenvalue weighted by atomic mass is 79.9. The van der Waals surface area contributed by atoms with Gasteiger partial charge in [-0.3, -0.25) is 4.79 Å². The fourth-order valence-corrected chi connectivity index (χ4v) is 3.91. The third-order valence-electron chi connectivity index (χ3n) is 3.80. The normalized spacial score (nSPS) is 12.6. The van der Waals surface area contributed by atoms with Gasteiger partial charge in [-0.25, -0.2) is 18.4 Å². The van der Waals surface area contributed by atoms with Gasteiger partial charge >= 0.3 is 0 Å². The minimum Gasteiger partial charge on any atom is -0.342 e. The minimum atomic E-state index is -3.45. The first-order valence-corrected chi connectivity index (χ1v) is 11.0. The van der Waals surface area contributed by atoms with Gasteiger partial charge in [0.2, 0.25) is 0 Å². The standard InChI is InChI=1S/C17H15BrClN5O3S/c1-10(16-21-9-22-24(16)15-4-3-13(19)8-20-15)23-17(25)11-5-12(18)7-14(6-11)28(2,26)27/h3-10H,1-2H3,(H,23,25)/t10-/m0/s1. The van der Waals surface area contributed by atoms with Crippen molar-refractivity contribution in [3.05, 3.63) is 63.7 Å². The highest BCUT2D eigenvalue weighted by molar-refractivity contribution is 9.10. The molecule has 3 rings (SSSR count). The van der Waals surface area contributed by atoms with Crippen molar-refractivity contribution in [2.75, 3.05) is 6.26 Å². The molecular weight excluding hydrogens is 470 g/mol. The molecule has 2 aromatic heterocycles. The molecule has 2 heterocycles. The Morgan fingerprint density at radius 3 is 2.64 bits per heavy atom. The van der Waals surface area contributed by atoms with Crippen LogP contribution in [-0.2, 0) is 9.84 Å². The summed E-state index contributed by atoms with van der Waals surface area (Å²) in [5.41, 5.74) is 0.206. The molecule has 0 fully saturated rings. The molecule has 1 amide bonds. The molecule has 8 nitrogen and oxygen atoms in total. The Balaban J connectivity index is 1.86.